The van der Waals surface area contributed by atoms with Crippen LogP contribution in [-0.2, 0) is 6.54 Å². The standard InChI is InChI=1S/C12H16ClFN2/c1-8-5-16(7-11(8)15)6-9-3-2-4-10(13)12(9)14/h2-4,8,11H,5-7,15H2,1H3. The average Bonchev–Trinajstić information content (AvgIpc) is 2.54. The molecule has 2 N–H and O–H groups in total. The molecule has 1 saturated heterocycles. The van der Waals surface area contributed by atoms with Crippen molar-refractivity contribution in [1.29, 1.82) is 0 Å². The van der Waals surface area contributed by atoms with E-state index in [1.54, 1.807) is 18.2 Å². The summed E-state index contributed by atoms with van der Waals surface area (Å²) in [4.78, 5) is 2.17. The molecule has 2 nitrogen and oxygen atoms in total. The van der Waals surface area contributed by atoms with Crippen molar-refractivity contribution in [3.63, 3.8) is 0 Å². The molecule has 1 heterocycles. The van der Waals surface area contributed by atoms with E-state index in [0.717, 1.165) is 13.1 Å². The Kier molecular flexibility index (Phi) is 3.47. The number of nitrogens with zero attached hydrogens (tertiary/aromatic N) is 1. The summed E-state index contributed by atoms with van der Waals surface area (Å²) in [6, 6.07) is 5.32. The summed E-state index contributed by atoms with van der Waals surface area (Å²) in [6.07, 6.45) is 0. The minimum absolute atomic E-state index is 0.189. The Hall–Kier alpha value is -0.640. The highest BCUT2D eigenvalue weighted by Crippen LogP contribution is 2.22. The van der Waals surface area contributed by atoms with Crippen molar-refractivity contribution in [3.05, 3.63) is 34.6 Å². The van der Waals surface area contributed by atoms with Gasteiger partial charge in [-0.05, 0) is 12.0 Å². The third-order valence-electron chi connectivity index (χ3n) is 3.17. The van der Waals surface area contributed by atoms with Crippen LogP contribution in [-0.4, -0.2) is 24.0 Å². The highest BCUT2D eigenvalue weighted by atomic mass is 35.5. The highest BCUT2D eigenvalue weighted by molar-refractivity contribution is 6.30. The predicted octanol–water partition coefficient (Wildman–Crippen LogP) is 2.26. The van der Waals surface area contributed by atoms with Gasteiger partial charge in [0.2, 0.25) is 0 Å². The lowest BCUT2D eigenvalue weighted by Gasteiger charge is -2.15. The van der Waals surface area contributed by atoms with Gasteiger partial charge in [0, 0.05) is 31.2 Å². The minimum Gasteiger partial charge on any atom is -0.326 e. The molecule has 1 aromatic rings. The largest absolute Gasteiger partial charge is 0.326 e. The second-order valence-electron chi connectivity index (χ2n) is 4.55. The van der Waals surface area contributed by atoms with Crippen LogP contribution in [0.15, 0.2) is 18.2 Å². The zero-order valence-corrected chi connectivity index (χ0v) is 10.0. The third-order valence-corrected chi connectivity index (χ3v) is 3.46. The molecule has 2 unspecified atom stereocenters. The summed E-state index contributed by atoms with van der Waals surface area (Å²) >= 11 is 5.74. The molecule has 0 saturated carbocycles. The number of benzene rings is 1. The number of hydrogen-bond acceptors (Lipinski definition) is 2. The van der Waals surface area contributed by atoms with Crippen LogP contribution in [0.1, 0.15) is 12.5 Å². The summed E-state index contributed by atoms with van der Waals surface area (Å²) < 4.78 is 13.7. The predicted molar refractivity (Wildman–Crippen MR) is 63.8 cm³/mol. The van der Waals surface area contributed by atoms with E-state index >= 15 is 0 Å². The fourth-order valence-electron chi connectivity index (χ4n) is 2.14. The number of rotatable bonds is 2. The molecule has 1 aromatic carbocycles. The van der Waals surface area contributed by atoms with Crippen molar-refractivity contribution in [3.8, 4) is 0 Å². The van der Waals surface area contributed by atoms with Gasteiger partial charge in [0.25, 0.3) is 0 Å². The van der Waals surface area contributed by atoms with Gasteiger partial charge < -0.3 is 5.73 Å². The number of halogens is 2. The lowest BCUT2D eigenvalue weighted by molar-refractivity contribution is 0.313. The fraction of sp³-hybridized carbons (Fsp3) is 0.500. The van der Waals surface area contributed by atoms with Gasteiger partial charge >= 0.3 is 0 Å². The van der Waals surface area contributed by atoms with Crippen LogP contribution in [0.2, 0.25) is 5.02 Å². The third kappa shape index (κ3) is 2.37. The van der Waals surface area contributed by atoms with E-state index in [-0.39, 0.29) is 16.9 Å². The van der Waals surface area contributed by atoms with Gasteiger partial charge in [-0.3, -0.25) is 4.90 Å². The molecule has 0 spiro atoms. The zero-order valence-electron chi connectivity index (χ0n) is 9.29. The SMILES string of the molecule is CC1CN(Cc2cccc(Cl)c2F)CC1N. The molecule has 0 bridgehead atoms. The second kappa shape index (κ2) is 4.70. The van der Waals surface area contributed by atoms with Gasteiger partial charge in [-0.1, -0.05) is 30.7 Å². The van der Waals surface area contributed by atoms with Crippen LogP contribution in [0.4, 0.5) is 4.39 Å². The molecule has 2 rings (SSSR count). The van der Waals surface area contributed by atoms with Gasteiger partial charge in [-0.2, -0.15) is 0 Å². The molecule has 0 radical (unpaired) electrons. The van der Waals surface area contributed by atoms with E-state index in [0.29, 0.717) is 18.0 Å². The molecule has 0 aliphatic carbocycles. The van der Waals surface area contributed by atoms with Crippen LogP contribution >= 0.6 is 11.6 Å². The molecule has 88 valence electrons. The lowest BCUT2D eigenvalue weighted by Crippen LogP contribution is -2.28. The average molecular weight is 243 g/mol. The second-order valence-corrected chi connectivity index (χ2v) is 4.96. The van der Waals surface area contributed by atoms with Crippen molar-refractivity contribution in [2.75, 3.05) is 13.1 Å². The molecule has 1 fully saturated rings. The fourth-order valence-corrected chi connectivity index (χ4v) is 2.33. The summed E-state index contributed by atoms with van der Waals surface area (Å²) in [5.74, 6) is 0.166. The molecular weight excluding hydrogens is 227 g/mol. The van der Waals surface area contributed by atoms with E-state index in [1.165, 1.54) is 0 Å². The van der Waals surface area contributed by atoms with Crippen LogP contribution in [0.5, 0.6) is 0 Å². The van der Waals surface area contributed by atoms with Crippen LogP contribution in [0.3, 0.4) is 0 Å². The first kappa shape index (κ1) is 11.8. The number of likely N-dealkylation sites (tertiary alicyclic amines) is 1. The Morgan fingerprint density at radius 1 is 1.50 bits per heavy atom. The maximum absolute atomic E-state index is 13.7. The summed E-state index contributed by atoms with van der Waals surface area (Å²) in [6.45, 7) is 4.46. The highest BCUT2D eigenvalue weighted by Gasteiger charge is 2.26. The quantitative estimate of drug-likeness (QED) is 0.862. The Labute approximate surface area is 100 Å². The minimum atomic E-state index is -0.308. The summed E-state index contributed by atoms with van der Waals surface area (Å²) in [5.41, 5.74) is 6.58. The first-order valence-corrected chi connectivity index (χ1v) is 5.86. The van der Waals surface area contributed by atoms with Gasteiger partial charge in [-0.25, -0.2) is 4.39 Å². The molecule has 2 atom stereocenters. The number of hydrogen-bond donors (Lipinski definition) is 1. The van der Waals surface area contributed by atoms with Crippen molar-refractivity contribution < 1.29 is 4.39 Å². The van der Waals surface area contributed by atoms with Crippen molar-refractivity contribution in [2.24, 2.45) is 11.7 Å². The van der Waals surface area contributed by atoms with Crippen molar-refractivity contribution >= 4 is 11.6 Å². The Bertz CT molecular complexity index is 373. The van der Waals surface area contributed by atoms with E-state index < -0.39 is 0 Å². The molecule has 16 heavy (non-hydrogen) atoms. The first-order valence-electron chi connectivity index (χ1n) is 5.48. The lowest BCUT2D eigenvalue weighted by atomic mass is 10.1. The Morgan fingerprint density at radius 3 is 2.88 bits per heavy atom. The van der Waals surface area contributed by atoms with E-state index in [1.807, 2.05) is 0 Å². The maximum atomic E-state index is 13.7. The topological polar surface area (TPSA) is 29.3 Å². The van der Waals surface area contributed by atoms with Crippen LogP contribution < -0.4 is 5.73 Å². The number of nitrogens with two attached hydrogens (primary N) is 1. The normalized spacial score (nSPS) is 26.2. The van der Waals surface area contributed by atoms with Gasteiger partial charge in [0.05, 0.1) is 5.02 Å². The smallest absolute Gasteiger partial charge is 0.146 e. The van der Waals surface area contributed by atoms with Crippen molar-refractivity contribution in [1.82, 2.24) is 4.90 Å². The molecule has 1 aliphatic rings. The van der Waals surface area contributed by atoms with Crippen molar-refractivity contribution in [2.45, 2.75) is 19.5 Å². The van der Waals surface area contributed by atoms with E-state index in [4.69, 9.17) is 17.3 Å². The van der Waals surface area contributed by atoms with E-state index in [9.17, 15) is 4.39 Å². The summed E-state index contributed by atoms with van der Waals surface area (Å²) in [7, 11) is 0. The van der Waals surface area contributed by atoms with E-state index in [2.05, 4.69) is 11.8 Å². The van der Waals surface area contributed by atoms with Gasteiger partial charge in [0.1, 0.15) is 5.82 Å². The molecule has 0 aromatic heterocycles. The zero-order chi connectivity index (χ0) is 11.7. The maximum Gasteiger partial charge on any atom is 0.146 e. The molecule has 0 amide bonds. The molecular formula is C12H16ClFN2. The summed E-state index contributed by atoms with van der Waals surface area (Å²) in [5, 5.41) is 0.189. The van der Waals surface area contributed by atoms with Gasteiger partial charge in [0.15, 0.2) is 0 Å². The Morgan fingerprint density at radius 2 is 2.25 bits per heavy atom. The Balaban J connectivity index is 2.08. The van der Waals surface area contributed by atoms with Gasteiger partial charge in [-0.15, -0.1) is 0 Å². The van der Waals surface area contributed by atoms with Crippen LogP contribution in [0.25, 0.3) is 0 Å². The first-order chi connectivity index (χ1) is 7.58. The van der Waals surface area contributed by atoms with Crippen LogP contribution in [0, 0.1) is 11.7 Å². The molecule has 1 aliphatic heterocycles. The molecule has 4 heteroatoms. The monoisotopic (exact) mass is 242 g/mol.